The number of rotatable bonds is 2. The largest absolute Gasteiger partial charge is 0.354 e. The highest BCUT2D eigenvalue weighted by molar-refractivity contribution is 6.40. The lowest BCUT2D eigenvalue weighted by molar-refractivity contribution is -0.124. The first-order valence-electron chi connectivity index (χ1n) is 8.49. The molecule has 7 nitrogen and oxygen atoms in total. The normalized spacial score (nSPS) is 18.6. The molecule has 3 amide bonds. The van der Waals surface area contributed by atoms with Gasteiger partial charge in [0, 0.05) is 38.9 Å². The second-order valence-corrected chi connectivity index (χ2v) is 6.43. The summed E-state index contributed by atoms with van der Waals surface area (Å²) in [6.07, 6.45) is 0.874. The molecule has 0 saturated carbocycles. The molecule has 1 N–H and O–H groups in total. The minimum atomic E-state index is -0.195. The number of amides is 3. The lowest BCUT2D eigenvalue weighted by Crippen LogP contribution is -2.43. The molecule has 0 aromatic heterocycles. The van der Waals surface area contributed by atoms with Gasteiger partial charge in [-0.2, -0.15) is 5.10 Å². The van der Waals surface area contributed by atoms with Crippen LogP contribution in [0.15, 0.2) is 23.3 Å². The standard InChI is InChI=1S/C18H22N4O3/c1-12-3-4-13(2)15(11-12)22-17(24)6-5-14(20-22)18(25)21-9-7-16(23)19-8-10-21/h3-4,11H,5-10H2,1-2H3,(H,19,23). The highest BCUT2D eigenvalue weighted by Gasteiger charge is 2.29. The first-order chi connectivity index (χ1) is 12.0. The van der Waals surface area contributed by atoms with E-state index < -0.39 is 0 Å². The van der Waals surface area contributed by atoms with Crippen LogP contribution in [0, 0.1) is 13.8 Å². The number of aryl methyl sites for hydroxylation is 2. The zero-order chi connectivity index (χ0) is 18.0. The SMILES string of the molecule is Cc1ccc(C)c(N2N=C(C(=O)N3CCNC(=O)CC3)CCC2=O)c1. The lowest BCUT2D eigenvalue weighted by atomic mass is 10.1. The third-order valence-electron chi connectivity index (χ3n) is 4.47. The van der Waals surface area contributed by atoms with E-state index in [1.165, 1.54) is 5.01 Å². The topological polar surface area (TPSA) is 82.1 Å². The number of benzene rings is 1. The van der Waals surface area contributed by atoms with Crippen molar-refractivity contribution in [3.05, 3.63) is 29.3 Å². The van der Waals surface area contributed by atoms with Crippen molar-refractivity contribution in [3.8, 4) is 0 Å². The van der Waals surface area contributed by atoms with Crippen LogP contribution in [0.4, 0.5) is 5.69 Å². The van der Waals surface area contributed by atoms with E-state index in [2.05, 4.69) is 10.4 Å². The number of anilines is 1. The Kier molecular flexibility index (Phi) is 4.83. The number of nitrogens with zero attached hydrogens (tertiary/aromatic N) is 3. The smallest absolute Gasteiger partial charge is 0.270 e. The molecular weight excluding hydrogens is 320 g/mol. The van der Waals surface area contributed by atoms with E-state index >= 15 is 0 Å². The van der Waals surface area contributed by atoms with Gasteiger partial charge in [0.25, 0.3) is 5.91 Å². The quantitative estimate of drug-likeness (QED) is 0.875. The van der Waals surface area contributed by atoms with Crippen molar-refractivity contribution in [1.82, 2.24) is 10.2 Å². The van der Waals surface area contributed by atoms with Gasteiger partial charge in [-0.25, -0.2) is 5.01 Å². The molecule has 0 unspecified atom stereocenters. The van der Waals surface area contributed by atoms with Crippen molar-refractivity contribution in [1.29, 1.82) is 0 Å². The fourth-order valence-electron chi connectivity index (χ4n) is 3.00. The fourth-order valence-corrected chi connectivity index (χ4v) is 3.00. The van der Waals surface area contributed by atoms with E-state index in [0.717, 1.165) is 11.1 Å². The van der Waals surface area contributed by atoms with Crippen LogP contribution in [0.1, 0.15) is 30.4 Å². The maximum absolute atomic E-state index is 12.8. The summed E-state index contributed by atoms with van der Waals surface area (Å²) in [5.41, 5.74) is 3.04. The Morgan fingerprint density at radius 2 is 1.92 bits per heavy atom. The molecule has 0 radical (unpaired) electrons. The van der Waals surface area contributed by atoms with Crippen LogP contribution in [0.5, 0.6) is 0 Å². The molecule has 2 aliphatic rings. The number of nitrogens with one attached hydrogen (secondary N) is 1. The second kappa shape index (κ2) is 7.04. The number of hydrogen-bond donors (Lipinski definition) is 1. The van der Waals surface area contributed by atoms with Gasteiger partial charge >= 0.3 is 0 Å². The zero-order valence-electron chi connectivity index (χ0n) is 14.5. The maximum atomic E-state index is 12.8. The summed E-state index contributed by atoms with van der Waals surface area (Å²) < 4.78 is 0. The van der Waals surface area contributed by atoms with Gasteiger partial charge < -0.3 is 10.2 Å². The molecule has 0 bridgehead atoms. The molecule has 2 heterocycles. The third kappa shape index (κ3) is 3.70. The van der Waals surface area contributed by atoms with Crippen molar-refractivity contribution in [2.45, 2.75) is 33.1 Å². The summed E-state index contributed by atoms with van der Waals surface area (Å²) in [6.45, 7) is 5.15. The molecule has 0 atom stereocenters. The number of carbonyl (C=O) groups excluding carboxylic acids is 3. The number of hydrazone groups is 1. The fraction of sp³-hybridized carbons (Fsp3) is 0.444. The van der Waals surface area contributed by atoms with Crippen molar-refractivity contribution < 1.29 is 14.4 Å². The molecule has 1 saturated heterocycles. The Bertz CT molecular complexity index is 757. The average Bonchev–Trinajstić information content (AvgIpc) is 2.82. The zero-order valence-corrected chi connectivity index (χ0v) is 14.5. The monoisotopic (exact) mass is 342 g/mol. The van der Waals surface area contributed by atoms with Crippen LogP contribution < -0.4 is 10.3 Å². The van der Waals surface area contributed by atoms with Crippen LogP contribution in [-0.4, -0.2) is 48.0 Å². The Balaban J connectivity index is 1.86. The second-order valence-electron chi connectivity index (χ2n) is 6.43. The third-order valence-corrected chi connectivity index (χ3v) is 4.47. The molecule has 3 rings (SSSR count). The Morgan fingerprint density at radius 3 is 2.72 bits per heavy atom. The van der Waals surface area contributed by atoms with E-state index in [1.54, 1.807) is 4.90 Å². The van der Waals surface area contributed by atoms with Gasteiger partial charge in [-0.3, -0.25) is 14.4 Å². The summed E-state index contributed by atoms with van der Waals surface area (Å²) in [5, 5.41) is 8.46. The van der Waals surface area contributed by atoms with Gasteiger partial charge in [-0.05, 0) is 31.0 Å². The van der Waals surface area contributed by atoms with Crippen molar-refractivity contribution >= 4 is 29.1 Å². The summed E-state index contributed by atoms with van der Waals surface area (Å²) in [6, 6.07) is 5.82. The van der Waals surface area contributed by atoms with E-state index in [-0.39, 0.29) is 24.1 Å². The van der Waals surface area contributed by atoms with Crippen molar-refractivity contribution in [3.63, 3.8) is 0 Å². The van der Waals surface area contributed by atoms with Gasteiger partial charge in [-0.1, -0.05) is 12.1 Å². The van der Waals surface area contributed by atoms with Gasteiger partial charge in [-0.15, -0.1) is 0 Å². The first-order valence-corrected chi connectivity index (χ1v) is 8.49. The number of carbonyl (C=O) groups is 3. The van der Waals surface area contributed by atoms with Gasteiger partial charge in [0.05, 0.1) is 5.69 Å². The van der Waals surface area contributed by atoms with Crippen molar-refractivity contribution in [2.75, 3.05) is 24.6 Å². The molecule has 2 aliphatic heterocycles. The Labute approximate surface area is 146 Å². The van der Waals surface area contributed by atoms with Crippen LogP contribution >= 0.6 is 0 Å². The van der Waals surface area contributed by atoms with Gasteiger partial charge in [0.15, 0.2) is 0 Å². The van der Waals surface area contributed by atoms with Crippen molar-refractivity contribution in [2.24, 2.45) is 5.10 Å². The molecule has 132 valence electrons. The molecule has 1 aromatic rings. The molecule has 7 heteroatoms. The van der Waals surface area contributed by atoms with Crippen LogP contribution in [0.3, 0.4) is 0 Å². The minimum absolute atomic E-state index is 0.0481. The lowest BCUT2D eigenvalue weighted by Gasteiger charge is -2.27. The maximum Gasteiger partial charge on any atom is 0.270 e. The summed E-state index contributed by atoms with van der Waals surface area (Å²) in [4.78, 5) is 38.2. The Morgan fingerprint density at radius 1 is 1.12 bits per heavy atom. The minimum Gasteiger partial charge on any atom is -0.354 e. The number of hydrogen-bond acceptors (Lipinski definition) is 4. The molecule has 0 aliphatic carbocycles. The Hall–Kier alpha value is -2.70. The molecule has 25 heavy (non-hydrogen) atoms. The first kappa shape index (κ1) is 17.1. The molecule has 0 spiro atoms. The highest BCUT2D eigenvalue weighted by atomic mass is 16.2. The predicted octanol–water partition coefficient (Wildman–Crippen LogP) is 1.13. The van der Waals surface area contributed by atoms with E-state index in [9.17, 15) is 14.4 Å². The summed E-state index contributed by atoms with van der Waals surface area (Å²) >= 11 is 0. The molecular formula is C18H22N4O3. The van der Waals surface area contributed by atoms with Gasteiger partial charge in [0.1, 0.15) is 5.71 Å². The molecule has 1 fully saturated rings. The van der Waals surface area contributed by atoms with Crippen LogP contribution in [-0.2, 0) is 14.4 Å². The van der Waals surface area contributed by atoms with E-state index in [1.807, 2.05) is 32.0 Å². The average molecular weight is 342 g/mol. The summed E-state index contributed by atoms with van der Waals surface area (Å²) in [7, 11) is 0. The van der Waals surface area contributed by atoms with E-state index in [4.69, 9.17) is 0 Å². The van der Waals surface area contributed by atoms with E-state index in [0.29, 0.717) is 43.9 Å². The van der Waals surface area contributed by atoms with Crippen LogP contribution in [0.25, 0.3) is 0 Å². The van der Waals surface area contributed by atoms with Gasteiger partial charge in [0.2, 0.25) is 11.8 Å². The highest BCUT2D eigenvalue weighted by Crippen LogP contribution is 2.25. The van der Waals surface area contributed by atoms with Crippen LogP contribution in [0.2, 0.25) is 0 Å². The molecule has 1 aromatic carbocycles. The predicted molar refractivity (Wildman–Crippen MR) is 94.3 cm³/mol. The summed E-state index contributed by atoms with van der Waals surface area (Å²) in [5.74, 6) is -0.356.